The van der Waals surface area contributed by atoms with E-state index in [-0.39, 0.29) is 5.91 Å². The molecule has 3 aromatic rings. The van der Waals surface area contributed by atoms with Crippen LogP contribution >= 0.6 is 11.6 Å². The first-order chi connectivity index (χ1) is 12.7. The monoisotopic (exact) mass is 371 g/mol. The second-order valence-electron chi connectivity index (χ2n) is 6.03. The lowest BCUT2D eigenvalue weighted by Crippen LogP contribution is -2.25. The van der Waals surface area contributed by atoms with Crippen LogP contribution in [0.3, 0.4) is 0 Å². The largest absolute Gasteiger partial charge is 0.383 e. The highest BCUT2D eigenvalue weighted by Gasteiger charge is 2.10. The number of hydrogen-bond acceptors (Lipinski definition) is 3. The molecule has 0 aliphatic rings. The van der Waals surface area contributed by atoms with Crippen LogP contribution in [0.4, 0.5) is 0 Å². The maximum absolute atomic E-state index is 12.1. The average molecular weight is 372 g/mol. The molecule has 0 bridgehead atoms. The molecule has 26 heavy (non-hydrogen) atoms. The van der Waals surface area contributed by atoms with Crippen LogP contribution < -0.4 is 5.32 Å². The van der Waals surface area contributed by atoms with E-state index in [1.165, 1.54) is 0 Å². The first-order valence-corrected chi connectivity index (χ1v) is 9.03. The van der Waals surface area contributed by atoms with Gasteiger partial charge in [0.2, 0.25) is 0 Å². The molecular formula is C20H22ClN3O2. The zero-order chi connectivity index (χ0) is 18.4. The second kappa shape index (κ2) is 8.83. The molecule has 2 aromatic carbocycles. The van der Waals surface area contributed by atoms with E-state index in [9.17, 15) is 4.79 Å². The van der Waals surface area contributed by atoms with E-state index >= 15 is 0 Å². The molecule has 1 N–H and O–H groups in total. The highest BCUT2D eigenvalue weighted by molar-refractivity contribution is 6.30. The number of para-hydroxylation sites is 2. The number of fused-ring (bicyclic) bond motifs is 1. The van der Waals surface area contributed by atoms with E-state index in [1.807, 2.05) is 18.2 Å². The Kier molecular flexibility index (Phi) is 6.26. The lowest BCUT2D eigenvalue weighted by Gasteiger charge is -2.09. The number of methoxy groups -OCH3 is 1. The summed E-state index contributed by atoms with van der Waals surface area (Å²) >= 11 is 5.85. The summed E-state index contributed by atoms with van der Waals surface area (Å²) in [5, 5.41) is 3.56. The van der Waals surface area contributed by atoms with Crippen molar-refractivity contribution in [1.29, 1.82) is 0 Å². The molecule has 0 unspecified atom stereocenters. The summed E-state index contributed by atoms with van der Waals surface area (Å²) in [6, 6.07) is 15.0. The van der Waals surface area contributed by atoms with Crippen molar-refractivity contribution in [1.82, 2.24) is 14.9 Å². The number of rotatable bonds is 8. The summed E-state index contributed by atoms with van der Waals surface area (Å²) in [6.45, 7) is 2.00. The standard InChI is InChI=1S/C20H22ClN3O2/c1-26-14-13-24-18-6-3-2-5-17(18)23-19(24)7-4-12-22-20(25)15-8-10-16(21)11-9-15/h2-3,5-6,8-11H,4,7,12-14H2,1H3,(H,22,25). The van der Waals surface area contributed by atoms with E-state index in [0.29, 0.717) is 23.7 Å². The van der Waals surface area contributed by atoms with E-state index < -0.39 is 0 Å². The van der Waals surface area contributed by atoms with Crippen LogP contribution in [0.15, 0.2) is 48.5 Å². The van der Waals surface area contributed by atoms with Crippen LogP contribution in [0.5, 0.6) is 0 Å². The van der Waals surface area contributed by atoms with Crippen LogP contribution in [-0.4, -0.2) is 35.7 Å². The number of aromatic nitrogens is 2. The number of carbonyl (C=O) groups excluding carboxylic acids is 1. The zero-order valence-electron chi connectivity index (χ0n) is 14.7. The molecule has 1 heterocycles. The molecular weight excluding hydrogens is 350 g/mol. The first-order valence-electron chi connectivity index (χ1n) is 8.66. The van der Waals surface area contributed by atoms with Crippen molar-refractivity contribution in [3.63, 3.8) is 0 Å². The number of hydrogen-bond donors (Lipinski definition) is 1. The Morgan fingerprint density at radius 3 is 2.73 bits per heavy atom. The van der Waals surface area contributed by atoms with E-state index in [1.54, 1.807) is 31.4 Å². The SMILES string of the molecule is COCCn1c(CCCNC(=O)c2ccc(Cl)cc2)nc2ccccc21. The molecule has 3 rings (SSSR count). The minimum Gasteiger partial charge on any atom is -0.383 e. The number of benzene rings is 2. The maximum atomic E-state index is 12.1. The van der Waals surface area contributed by atoms with Gasteiger partial charge in [-0.3, -0.25) is 4.79 Å². The van der Waals surface area contributed by atoms with Crippen molar-refractivity contribution in [2.24, 2.45) is 0 Å². The minimum atomic E-state index is -0.0884. The van der Waals surface area contributed by atoms with Crippen molar-refractivity contribution in [3.8, 4) is 0 Å². The molecule has 5 nitrogen and oxygen atoms in total. The normalized spacial score (nSPS) is 11.0. The average Bonchev–Trinajstić information content (AvgIpc) is 3.01. The fourth-order valence-electron chi connectivity index (χ4n) is 2.90. The Labute approximate surface area is 157 Å². The van der Waals surface area contributed by atoms with E-state index in [2.05, 4.69) is 16.0 Å². The van der Waals surface area contributed by atoms with Gasteiger partial charge in [-0.15, -0.1) is 0 Å². The van der Waals surface area contributed by atoms with Crippen LogP contribution in [0, 0.1) is 0 Å². The summed E-state index contributed by atoms with van der Waals surface area (Å²) in [4.78, 5) is 16.9. The molecule has 0 fully saturated rings. The van der Waals surface area contributed by atoms with Gasteiger partial charge < -0.3 is 14.6 Å². The quantitative estimate of drug-likeness (QED) is 0.614. The Balaban J connectivity index is 1.59. The van der Waals surface area contributed by atoms with Gasteiger partial charge in [-0.2, -0.15) is 0 Å². The second-order valence-corrected chi connectivity index (χ2v) is 6.46. The fraction of sp³-hybridized carbons (Fsp3) is 0.300. The summed E-state index contributed by atoms with van der Waals surface area (Å²) < 4.78 is 7.41. The van der Waals surface area contributed by atoms with Crippen molar-refractivity contribution in [2.45, 2.75) is 19.4 Å². The van der Waals surface area contributed by atoms with Gasteiger partial charge in [0.25, 0.3) is 5.91 Å². The maximum Gasteiger partial charge on any atom is 0.251 e. The van der Waals surface area contributed by atoms with Crippen molar-refractivity contribution < 1.29 is 9.53 Å². The Morgan fingerprint density at radius 2 is 1.96 bits per heavy atom. The third-order valence-electron chi connectivity index (χ3n) is 4.22. The number of nitrogens with zero attached hydrogens (tertiary/aromatic N) is 2. The lowest BCUT2D eigenvalue weighted by molar-refractivity contribution is 0.0953. The molecule has 0 spiro atoms. The molecule has 0 radical (unpaired) electrons. The van der Waals surface area contributed by atoms with E-state index in [4.69, 9.17) is 21.3 Å². The smallest absolute Gasteiger partial charge is 0.251 e. The fourth-order valence-corrected chi connectivity index (χ4v) is 3.03. The predicted molar refractivity (Wildman–Crippen MR) is 104 cm³/mol. The molecule has 0 saturated heterocycles. The van der Waals surface area contributed by atoms with Crippen LogP contribution in [0.2, 0.25) is 5.02 Å². The van der Waals surface area contributed by atoms with Crippen LogP contribution in [-0.2, 0) is 17.7 Å². The van der Waals surface area contributed by atoms with Crippen LogP contribution in [0.1, 0.15) is 22.6 Å². The molecule has 0 aliphatic carbocycles. The summed E-state index contributed by atoms with van der Waals surface area (Å²) in [5.41, 5.74) is 2.72. The Morgan fingerprint density at radius 1 is 1.19 bits per heavy atom. The third kappa shape index (κ3) is 4.42. The third-order valence-corrected chi connectivity index (χ3v) is 4.47. The highest BCUT2D eigenvalue weighted by atomic mass is 35.5. The summed E-state index contributed by atoms with van der Waals surface area (Å²) in [5.74, 6) is 0.929. The van der Waals surface area contributed by atoms with Gasteiger partial charge in [-0.05, 0) is 42.8 Å². The Bertz CT molecular complexity index is 874. The van der Waals surface area contributed by atoms with Crippen molar-refractivity contribution in [2.75, 3.05) is 20.3 Å². The van der Waals surface area contributed by atoms with Gasteiger partial charge in [0.1, 0.15) is 5.82 Å². The van der Waals surface area contributed by atoms with Gasteiger partial charge >= 0.3 is 0 Å². The molecule has 0 aliphatic heterocycles. The molecule has 0 saturated carbocycles. The number of nitrogens with one attached hydrogen (secondary N) is 1. The number of imidazole rings is 1. The predicted octanol–water partition coefficient (Wildman–Crippen LogP) is 3.70. The van der Waals surface area contributed by atoms with Gasteiger partial charge in [0, 0.05) is 37.2 Å². The number of carbonyl (C=O) groups is 1. The van der Waals surface area contributed by atoms with E-state index in [0.717, 1.165) is 36.2 Å². The number of ether oxygens (including phenoxy) is 1. The molecule has 136 valence electrons. The molecule has 0 atom stereocenters. The molecule has 6 heteroatoms. The Hall–Kier alpha value is -2.37. The van der Waals surface area contributed by atoms with Gasteiger partial charge in [0.05, 0.1) is 17.6 Å². The first kappa shape index (κ1) is 18.4. The molecule has 1 amide bonds. The topological polar surface area (TPSA) is 56.1 Å². The number of amides is 1. The number of halogens is 1. The summed E-state index contributed by atoms with van der Waals surface area (Å²) in [6.07, 6.45) is 1.61. The van der Waals surface area contributed by atoms with Crippen molar-refractivity contribution in [3.05, 3.63) is 64.9 Å². The van der Waals surface area contributed by atoms with Gasteiger partial charge in [-0.25, -0.2) is 4.98 Å². The van der Waals surface area contributed by atoms with Gasteiger partial charge in [0.15, 0.2) is 0 Å². The van der Waals surface area contributed by atoms with Crippen molar-refractivity contribution >= 4 is 28.5 Å². The minimum absolute atomic E-state index is 0.0884. The van der Waals surface area contributed by atoms with Crippen LogP contribution in [0.25, 0.3) is 11.0 Å². The lowest BCUT2D eigenvalue weighted by atomic mass is 10.2. The van der Waals surface area contributed by atoms with Gasteiger partial charge in [-0.1, -0.05) is 23.7 Å². The zero-order valence-corrected chi connectivity index (χ0v) is 15.5. The summed E-state index contributed by atoms with van der Waals surface area (Å²) in [7, 11) is 1.70. The highest BCUT2D eigenvalue weighted by Crippen LogP contribution is 2.17. The number of aryl methyl sites for hydroxylation is 1. The molecule has 1 aromatic heterocycles.